The summed E-state index contributed by atoms with van der Waals surface area (Å²) < 4.78 is 10.8. The number of carbonyl (C=O) groups is 1. The Morgan fingerprint density at radius 1 is 1.33 bits per heavy atom. The number of hydrogen-bond donors (Lipinski definition) is 0. The molecule has 21 heavy (non-hydrogen) atoms. The number of piperazine rings is 1. The van der Waals surface area contributed by atoms with Crippen molar-refractivity contribution in [3.63, 3.8) is 0 Å². The molecule has 120 valence electrons. The largest absolute Gasteiger partial charge is 0.501 e. The van der Waals surface area contributed by atoms with Crippen molar-refractivity contribution < 1.29 is 14.3 Å². The highest BCUT2D eigenvalue weighted by atomic mass is 16.6. The summed E-state index contributed by atoms with van der Waals surface area (Å²) in [6.07, 6.45) is 4.15. The van der Waals surface area contributed by atoms with Crippen LogP contribution in [0.5, 0.6) is 0 Å². The molecule has 0 aromatic carbocycles. The van der Waals surface area contributed by atoms with Gasteiger partial charge in [0.2, 0.25) is 0 Å². The quantitative estimate of drug-likeness (QED) is 0.785. The molecule has 1 fully saturated rings. The summed E-state index contributed by atoms with van der Waals surface area (Å²) >= 11 is 0. The van der Waals surface area contributed by atoms with Gasteiger partial charge in [-0.1, -0.05) is 0 Å². The van der Waals surface area contributed by atoms with Gasteiger partial charge in [0.15, 0.2) is 0 Å². The van der Waals surface area contributed by atoms with Gasteiger partial charge in [0.05, 0.1) is 12.9 Å². The third-order valence-corrected chi connectivity index (χ3v) is 4.08. The molecule has 5 heteroatoms. The van der Waals surface area contributed by atoms with Crippen LogP contribution in [0.3, 0.4) is 0 Å². The molecule has 1 heterocycles. The molecule has 0 N–H and O–H groups in total. The van der Waals surface area contributed by atoms with Gasteiger partial charge >= 0.3 is 6.09 Å². The van der Waals surface area contributed by atoms with Crippen molar-refractivity contribution in [3.8, 4) is 0 Å². The summed E-state index contributed by atoms with van der Waals surface area (Å²) in [5, 5.41) is 0. The van der Waals surface area contributed by atoms with Crippen LogP contribution < -0.4 is 0 Å². The van der Waals surface area contributed by atoms with Gasteiger partial charge in [-0.25, -0.2) is 4.79 Å². The summed E-state index contributed by atoms with van der Waals surface area (Å²) in [6, 6.07) is 0.777. The van der Waals surface area contributed by atoms with Gasteiger partial charge in [-0.2, -0.15) is 0 Å². The number of allylic oxidation sites excluding steroid dienone is 1. The summed E-state index contributed by atoms with van der Waals surface area (Å²) in [4.78, 5) is 16.4. The molecule has 0 bridgehead atoms. The molecule has 2 aliphatic rings. The van der Waals surface area contributed by atoms with Crippen molar-refractivity contribution in [1.29, 1.82) is 0 Å². The Bertz CT molecular complexity index is 414. The monoisotopic (exact) mass is 296 g/mol. The van der Waals surface area contributed by atoms with Gasteiger partial charge in [-0.15, -0.1) is 0 Å². The number of carbonyl (C=O) groups excluding carboxylic acids is 1. The lowest BCUT2D eigenvalue weighted by Gasteiger charge is -2.42. The molecule has 1 aliphatic heterocycles. The van der Waals surface area contributed by atoms with E-state index < -0.39 is 5.60 Å². The second-order valence-corrected chi connectivity index (χ2v) is 6.96. The number of methoxy groups -OCH3 is 1. The molecule has 0 aromatic rings. The SMILES string of the molecule is COC1=C[C@@H](N2CCN(C(=O)OC(C)(C)C)C[C@H]2C)CC1. The first-order chi connectivity index (χ1) is 9.80. The highest BCUT2D eigenvalue weighted by Gasteiger charge is 2.34. The zero-order valence-corrected chi connectivity index (χ0v) is 13.9. The van der Waals surface area contributed by atoms with Crippen molar-refractivity contribution in [1.82, 2.24) is 9.80 Å². The Balaban J connectivity index is 1.91. The molecule has 5 nitrogen and oxygen atoms in total. The molecule has 0 spiro atoms. The Labute approximate surface area is 127 Å². The maximum atomic E-state index is 12.1. The average molecular weight is 296 g/mol. The summed E-state index contributed by atoms with van der Waals surface area (Å²) in [5.41, 5.74) is -0.432. The number of ether oxygens (including phenoxy) is 2. The first-order valence-electron chi connectivity index (χ1n) is 7.78. The van der Waals surface area contributed by atoms with E-state index in [1.54, 1.807) is 7.11 Å². The van der Waals surface area contributed by atoms with Crippen LogP contribution in [-0.2, 0) is 9.47 Å². The van der Waals surface area contributed by atoms with Crippen molar-refractivity contribution in [3.05, 3.63) is 11.8 Å². The molecule has 0 unspecified atom stereocenters. The fourth-order valence-electron chi connectivity index (χ4n) is 3.06. The van der Waals surface area contributed by atoms with Crippen molar-refractivity contribution in [2.45, 2.75) is 58.2 Å². The molecule has 2 rings (SSSR count). The topological polar surface area (TPSA) is 42.0 Å². The Kier molecular flexibility index (Phi) is 4.81. The number of nitrogens with zero attached hydrogens (tertiary/aromatic N) is 2. The molecule has 2 atom stereocenters. The molecule has 0 aromatic heterocycles. The minimum absolute atomic E-state index is 0.200. The Morgan fingerprint density at radius 2 is 2.05 bits per heavy atom. The molecule has 1 amide bonds. The number of hydrogen-bond acceptors (Lipinski definition) is 4. The third-order valence-electron chi connectivity index (χ3n) is 4.08. The van der Waals surface area contributed by atoms with Crippen LogP contribution in [0, 0.1) is 0 Å². The van der Waals surface area contributed by atoms with Crippen LogP contribution in [0.15, 0.2) is 11.8 Å². The van der Waals surface area contributed by atoms with Gasteiger partial charge in [-0.3, -0.25) is 4.90 Å². The number of rotatable bonds is 2. The van der Waals surface area contributed by atoms with Gasteiger partial charge in [0, 0.05) is 38.1 Å². The first-order valence-corrected chi connectivity index (χ1v) is 7.78. The highest BCUT2D eigenvalue weighted by molar-refractivity contribution is 5.68. The molecule has 0 saturated carbocycles. The second kappa shape index (κ2) is 6.26. The Morgan fingerprint density at radius 3 is 2.57 bits per heavy atom. The second-order valence-electron chi connectivity index (χ2n) is 6.96. The Hall–Kier alpha value is -1.23. The molecule has 0 radical (unpaired) electrons. The minimum Gasteiger partial charge on any atom is -0.501 e. The predicted molar refractivity (Wildman–Crippen MR) is 82.1 cm³/mol. The van der Waals surface area contributed by atoms with Crippen molar-refractivity contribution >= 4 is 6.09 Å². The summed E-state index contributed by atoms with van der Waals surface area (Å²) in [7, 11) is 1.73. The van der Waals surface area contributed by atoms with E-state index in [2.05, 4.69) is 17.9 Å². The third kappa shape index (κ3) is 4.13. The highest BCUT2D eigenvalue weighted by Crippen LogP contribution is 2.26. The van der Waals surface area contributed by atoms with E-state index in [0.29, 0.717) is 12.1 Å². The van der Waals surface area contributed by atoms with Crippen LogP contribution in [0.2, 0.25) is 0 Å². The van der Waals surface area contributed by atoms with Gasteiger partial charge in [-0.05, 0) is 40.2 Å². The van der Waals surface area contributed by atoms with Crippen LogP contribution in [0.25, 0.3) is 0 Å². The van der Waals surface area contributed by atoms with E-state index in [-0.39, 0.29) is 6.09 Å². The normalized spacial score (nSPS) is 27.5. The standard InChI is InChI=1S/C16H28N2O3/c1-12-11-17(15(19)21-16(2,3)4)8-9-18(12)13-6-7-14(10-13)20-5/h10,12-13H,6-9,11H2,1-5H3/t12-,13+/m1/s1. The molecule has 1 aliphatic carbocycles. The van der Waals surface area contributed by atoms with E-state index in [1.807, 2.05) is 25.7 Å². The first kappa shape index (κ1) is 16.1. The number of amides is 1. The van der Waals surface area contributed by atoms with Crippen LogP contribution >= 0.6 is 0 Å². The molecular weight excluding hydrogens is 268 g/mol. The lowest BCUT2D eigenvalue weighted by molar-refractivity contribution is 0.00164. The molecule has 1 saturated heterocycles. The van der Waals surface area contributed by atoms with Crippen molar-refractivity contribution in [2.75, 3.05) is 26.7 Å². The average Bonchev–Trinajstić information content (AvgIpc) is 2.85. The fraction of sp³-hybridized carbons (Fsp3) is 0.812. The van der Waals surface area contributed by atoms with Crippen LogP contribution in [0.4, 0.5) is 4.79 Å². The maximum Gasteiger partial charge on any atom is 0.410 e. The lowest BCUT2D eigenvalue weighted by atomic mass is 10.1. The van der Waals surface area contributed by atoms with Gasteiger partial charge in [0.1, 0.15) is 5.60 Å². The van der Waals surface area contributed by atoms with Gasteiger partial charge < -0.3 is 14.4 Å². The predicted octanol–water partition coefficient (Wildman–Crippen LogP) is 2.62. The zero-order valence-electron chi connectivity index (χ0n) is 13.9. The van der Waals surface area contributed by atoms with E-state index in [0.717, 1.165) is 38.2 Å². The lowest BCUT2D eigenvalue weighted by Crippen LogP contribution is -2.56. The van der Waals surface area contributed by atoms with Gasteiger partial charge in [0.25, 0.3) is 0 Å². The molecular formula is C16H28N2O3. The van der Waals surface area contributed by atoms with Crippen LogP contribution in [0.1, 0.15) is 40.5 Å². The fourth-order valence-corrected chi connectivity index (χ4v) is 3.06. The van der Waals surface area contributed by atoms with E-state index in [9.17, 15) is 4.79 Å². The zero-order chi connectivity index (χ0) is 15.6. The maximum absolute atomic E-state index is 12.1. The minimum atomic E-state index is -0.432. The summed E-state index contributed by atoms with van der Waals surface area (Å²) in [6.45, 7) is 10.2. The smallest absolute Gasteiger partial charge is 0.410 e. The summed E-state index contributed by atoms with van der Waals surface area (Å²) in [5.74, 6) is 1.08. The van der Waals surface area contributed by atoms with Crippen molar-refractivity contribution in [2.24, 2.45) is 0 Å². The van der Waals surface area contributed by atoms with E-state index in [4.69, 9.17) is 9.47 Å². The van der Waals surface area contributed by atoms with E-state index >= 15 is 0 Å². The van der Waals surface area contributed by atoms with Crippen LogP contribution in [-0.4, -0.2) is 60.3 Å². The van der Waals surface area contributed by atoms with E-state index in [1.165, 1.54) is 0 Å².